The van der Waals surface area contributed by atoms with Crippen molar-refractivity contribution < 1.29 is 5.11 Å². The Morgan fingerprint density at radius 1 is 1.06 bits per heavy atom. The van der Waals surface area contributed by atoms with E-state index in [1.165, 1.54) is 5.56 Å². The van der Waals surface area contributed by atoms with Crippen molar-refractivity contribution in [2.45, 2.75) is 65.4 Å². The lowest BCUT2D eigenvalue weighted by molar-refractivity contribution is 0.0733. The molecule has 96 valence electrons. The van der Waals surface area contributed by atoms with Gasteiger partial charge in [-0.15, -0.1) is 0 Å². The van der Waals surface area contributed by atoms with E-state index >= 15 is 0 Å². The lowest BCUT2D eigenvalue weighted by atomic mass is 9.89. The van der Waals surface area contributed by atoms with Gasteiger partial charge in [0, 0.05) is 11.1 Å². The molecule has 0 unspecified atom stereocenters. The van der Waals surface area contributed by atoms with E-state index in [2.05, 4.69) is 38.7 Å². The van der Waals surface area contributed by atoms with Crippen LogP contribution >= 0.6 is 0 Å². The Morgan fingerprint density at radius 2 is 1.59 bits per heavy atom. The van der Waals surface area contributed by atoms with Gasteiger partial charge in [0.15, 0.2) is 0 Å². The number of pyridine rings is 1. The summed E-state index contributed by atoms with van der Waals surface area (Å²) in [5.74, 6) is 0. The number of aryl methyl sites for hydroxylation is 1. The highest BCUT2D eigenvalue weighted by Crippen LogP contribution is 2.26. The zero-order valence-electron chi connectivity index (χ0n) is 12.0. The van der Waals surface area contributed by atoms with Gasteiger partial charge in [-0.25, -0.2) is 0 Å². The van der Waals surface area contributed by atoms with Crippen LogP contribution in [0.5, 0.6) is 0 Å². The first-order valence-electron chi connectivity index (χ1n) is 6.39. The number of aliphatic hydroxyl groups is 1. The maximum absolute atomic E-state index is 10.1. The molecule has 1 N–H and O–H groups in total. The molecule has 0 aliphatic rings. The van der Waals surface area contributed by atoms with Crippen LogP contribution in [0.15, 0.2) is 12.1 Å². The summed E-state index contributed by atoms with van der Waals surface area (Å²) in [6.45, 7) is 12.2. The maximum Gasteiger partial charge on any atom is 0.101 e. The maximum atomic E-state index is 10.1. The standard InChI is InChI=1S/C15H25NO/c1-7-8-11-9-12(14(2,3)4)16-13(10-11)15(5,6)17/h9-10,17H,7-8H2,1-6H3. The Kier molecular flexibility index (Phi) is 3.98. The fraction of sp³-hybridized carbons (Fsp3) is 0.667. The summed E-state index contributed by atoms with van der Waals surface area (Å²) < 4.78 is 0. The minimum atomic E-state index is -0.871. The molecule has 1 heterocycles. The van der Waals surface area contributed by atoms with Gasteiger partial charge in [0.25, 0.3) is 0 Å². The SMILES string of the molecule is CCCc1cc(C(C)(C)C)nc(C(C)(C)O)c1. The molecule has 0 bridgehead atoms. The first-order valence-corrected chi connectivity index (χ1v) is 6.39. The predicted molar refractivity (Wildman–Crippen MR) is 72.2 cm³/mol. The summed E-state index contributed by atoms with van der Waals surface area (Å²) in [4.78, 5) is 4.61. The molecule has 2 nitrogen and oxygen atoms in total. The fourth-order valence-electron chi connectivity index (χ4n) is 1.72. The zero-order valence-corrected chi connectivity index (χ0v) is 12.0. The van der Waals surface area contributed by atoms with Crippen molar-refractivity contribution >= 4 is 0 Å². The number of hydrogen-bond donors (Lipinski definition) is 1. The third kappa shape index (κ3) is 3.81. The van der Waals surface area contributed by atoms with Crippen LogP contribution in [0.3, 0.4) is 0 Å². The second-order valence-electron chi connectivity index (χ2n) is 6.30. The molecule has 0 aliphatic carbocycles. The smallest absolute Gasteiger partial charge is 0.101 e. The molecule has 2 heteroatoms. The van der Waals surface area contributed by atoms with Crippen molar-refractivity contribution in [3.8, 4) is 0 Å². The predicted octanol–water partition coefficient (Wildman–Crippen LogP) is 3.56. The van der Waals surface area contributed by atoms with Crippen LogP contribution in [0.25, 0.3) is 0 Å². The van der Waals surface area contributed by atoms with Crippen LogP contribution in [0, 0.1) is 0 Å². The average Bonchev–Trinajstić information content (AvgIpc) is 2.15. The minimum absolute atomic E-state index is 0.0176. The van der Waals surface area contributed by atoms with Crippen LogP contribution in [0.2, 0.25) is 0 Å². The fourth-order valence-corrected chi connectivity index (χ4v) is 1.72. The lowest BCUT2D eigenvalue weighted by Crippen LogP contribution is -2.22. The van der Waals surface area contributed by atoms with Gasteiger partial charge in [-0.05, 0) is 38.0 Å². The molecule has 0 atom stereocenters. The van der Waals surface area contributed by atoms with Crippen molar-refractivity contribution in [1.29, 1.82) is 0 Å². The van der Waals surface area contributed by atoms with Crippen molar-refractivity contribution in [1.82, 2.24) is 4.98 Å². The van der Waals surface area contributed by atoms with Crippen molar-refractivity contribution in [3.63, 3.8) is 0 Å². The molecule has 0 fully saturated rings. The van der Waals surface area contributed by atoms with Gasteiger partial charge in [0.1, 0.15) is 5.60 Å². The van der Waals surface area contributed by atoms with Crippen molar-refractivity contribution in [3.05, 3.63) is 29.1 Å². The topological polar surface area (TPSA) is 33.1 Å². The van der Waals surface area contributed by atoms with Gasteiger partial charge in [-0.3, -0.25) is 4.98 Å². The molecule has 17 heavy (non-hydrogen) atoms. The van der Waals surface area contributed by atoms with Crippen LogP contribution in [0.4, 0.5) is 0 Å². The molecule has 1 aromatic rings. The second-order valence-corrected chi connectivity index (χ2v) is 6.30. The van der Waals surface area contributed by atoms with Crippen molar-refractivity contribution in [2.75, 3.05) is 0 Å². The summed E-state index contributed by atoms with van der Waals surface area (Å²) in [6, 6.07) is 4.19. The van der Waals surface area contributed by atoms with E-state index in [0.29, 0.717) is 0 Å². The Morgan fingerprint density at radius 3 is 2.00 bits per heavy atom. The molecule has 0 saturated carbocycles. The Balaban J connectivity index is 3.29. The summed E-state index contributed by atoms with van der Waals surface area (Å²) >= 11 is 0. The summed E-state index contributed by atoms with van der Waals surface area (Å²) in [7, 11) is 0. The molecule has 0 amide bonds. The van der Waals surface area contributed by atoms with Gasteiger partial charge in [0.2, 0.25) is 0 Å². The van der Waals surface area contributed by atoms with E-state index in [1.54, 1.807) is 13.8 Å². The first-order chi connectivity index (χ1) is 7.64. The number of nitrogens with zero attached hydrogens (tertiary/aromatic N) is 1. The van der Waals surface area contributed by atoms with E-state index in [0.717, 1.165) is 24.2 Å². The number of aromatic nitrogens is 1. The third-order valence-electron chi connectivity index (χ3n) is 2.82. The van der Waals surface area contributed by atoms with E-state index in [4.69, 9.17) is 0 Å². The van der Waals surface area contributed by atoms with E-state index < -0.39 is 5.60 Å². The highest BCUT2D eigenvalue weighted by Gasteiger charge is 2.23. The van der Waals surface area contributed by atoms with Crippen LogP contribution in [0.1, 0.15) is 64.9 Å². The number of hydrogen-bond acceptors (Lipinski definition) is 2. The molecule has 0 aromatic carbocycles. The van der Waals surface area contributed by atoms with Crippen LogP contribution in [-0.2, 0) is 17.4 Å². The largest absolute Gasteiger partial charge is 0.384 e. The van der Waals surface area contributed by atoms with E-state index in [1.807, 2.05) is 6.07 Å². The van der Waals surface area contributed by atoms with E-state index in [-0.39, 0.29) is 5.41 Å². The van der Waals surface area contributed by atoms with Gasteiger partial charge in [-0.2, -0.15) is 0 Å². The molecule has 1 rings (SSSR count). The van der Waals surface area contributed by atoms with Gasteiger partial charge >= 0.3 is 0 Å². The van der Waals surface area contributed by atoms with Crippen LogP contribution in [-0.4, -0.2) is 10.1 Å². The normalized spacial score (nSPS) is 12.9. The molecule has 0 radical (unpaired) electrons. The molecule has 1 aromatic heterocycles. The monoisotopic (exact) mass is 235 g/mol. The third-order valence-corrected chi connectivity index (χ3v) is 2.82. The Hall–Kier alpha value is -0.890. The highest BCUT2D eigenvalue weighted by atomic mass is 16.3. The molecular formula is C15H25NO. The van der Waals surface area contributed by atoms with Crippen molar-refractivity contribution in [2.24, 2.45) is 0 Å². The lowest BCUT2D eigenvalue weighted by Gasteiger charge is -2.24. The van der Waals surface area contributed by atoms with Gasteiger partial charge < -0.3 is 5.11 Å². The highest BCUT2D eigenvalue weighted by molar-refractivity contribution is 5.28. The summed E-state index contributed by atoms with van der Waals surface area (Å²) in [5.41, 5.74) is 2.24. The molecule has 0 aliphatic heterocycles. The van der Waals surface area contributed by atoms with Gasteiger partial charge in [0.05, 0.1) is 5.69 Å². The Labute approximate surface area is 105 Å². The molecular weight excluding hydrogens is 210 g/mol. The molecule has 0 saturated heterocycles. The Bertz CT molecular complexity index is 351. The second kappa shape index (κ2) is 4.77. The van der Waals surface area contributed by atoms with E-state index in [9.17, 15) is 5.11 Å². The summed E-state index contributed by atoms with van der Waals surface area (Å²) in [6.07, 6.45) is 2.15. The average molecular weight is 235 g/mol. The number of rotatable bonds is 3. The molecule has 0 spiro atoms. The summed E-state index contributed by atoms with van der Waals surface area (Å²) in [5, 5.41) is 10.1. The minimum Gasteiger partial charge on any atom is -0.384 e. The van der Waals surface area contributed by atoms with Gasteiger partial charge in [-0.1, -0.05) is 34.1 Å². The van der Waals surface area contributed by atoms with Crippen LogP contribution < -0.4 is 0 Å². The zero-order chi connectivity index (χ0) is 13.3. The quantitative estimate of drug-likeness (QED) is 0.869. The first kappa shape index (κ1) is 14.2.